The summed E-state index contributed by atoms with van der Waals surface area (Å²) < 4.78 is 0. The Balaban J connectivity index is 0. The van der Waals surface area contributed by atoms with E-state index in [0.717, 1.165) is 13.0 Å². The molecule has 0 atom stereocenters. The molecule has 0 amide bonds. The molecule has 0 rings (SSSR count). The zero-order valence-corrected chi connectivity index (χ0v) is 5.50. The van der Waals surface area contributed by atoms with E-state index in [1.807, 2.05) is 0 Å². The molecule has 0 fully saturated rings. The summed E-state index contributed by atoms with van der Waals surface area (Å²) in [6.07, 6.45) is 1.10. The first-order valence-corrected chi connectivity index (χ1v) is 2.71. The Morgan fingerprint density at radius 1 is 1.67 bits per heavy atom. The zero-order chi connectivity index (χ0) is 7.70. The summed E-state index contributed by atoms with van der Waals surface area (Å²) in [6.45, 7) is 2.10. The van der Waals surface area contributed by atoms with Crippen LogP contribution in [0.3, 0.4) is 0 Å². The summed E-state index contributed by atoms with van der Waals surface area (Å²) in [5.74, 6) is -1.19. The highest BCUT2D eigenvalue weighted by Gasteiger charge is 1.82. The number of rotatable bonds is 2. The molecule has 0 bridgehead atoms. The van der Waals surface area contributed by atoms with Crippen LogP contribution in [0.1, 0.15) is 13.3 Å². The lowest BCUT2D eigenvalue weighted by Crippen LogP contribution is -1.98. The molecule has 56 valence electrons. The van der Waals surface area contributed by atoms with Crippen molar-refractivity contribution in [2.24, 2.45) is 5.73 Å². The molecular formula is C5H13NO3. The maximum absolute atomic E-state index is 9.12. The zero-order valence-electron chi connectivity index (χ0n) is 5.50. The van der Waals surface area contributed by atoms with Crippen LogP contribution in [0.25, 0.3) is 0 Å². The van der Waals surface area contributed by atoms with Crippen molar-refractivity contribution in [2.75, 3.05) is 13.2 Å². The molecule has 0 aliphatic carbocycles. The SMILES string of the molecule is CCCN.O=C(O)CO. The van der Waals surface area contributed by atoms with E-state index in [4.69, 9.17) is 20.7 Å². The van der Waals surface area contributed by atoms with Gasteiger partial charge in [-0.15, -0.1) is 0 Å². The lowest BCUT2D eigenvalue weighted by atomic mass is 10.5. The highest BCUT2D eigenvalue weighted by molar-refractivity contribution is 5.67. The maximum Gasteiger partial charge on any atom is 0.329 e. The summed E-state index contributed by atoms with van der Waals surface area (Å²) in [6, 6.07) is 0. The van der Waals surface area contributed by atoms with E-state index < -0.39 is 12.6 Å². The van der Waals surface area contributed by atoms with Crippen LogP contribution in [-0.4, -0.2) is 29.3 Å². The molecule has 0 aliphatic heterocycles. The Morgan fingerprint density at radius 3 is 1.89 bits per heavy atom. The standard InChI is InChI=1S/C3H9N.C2H4O3/c1-2-3-4;3-1-2(4)5/h2-4H2,1H3;3H,1H2,(H,4,5). The molecule has 4 heteroatoms. The van der Waals surface area contributed by atoms with Gasteiger partial charge in [-0.25, -0.2) is 4.79 Å². The van der Waals surface area contributed by atoms with Gasteiger partial charge in [0.15, 0.2) is 0 Å². The first-order valence-electron chi connectivity index (χ1n) is 2.71. The van der Waals surface area contributed by atoms with Crippen molar-refractivity contribution >= 4 is 5.97 Å². The van der Waals surface area contributed by atoms with Crippen LogP contribution in [0.4, 0.5) is 0 Å². The molecule has 0 unspecified atom stereocenters. The molecule has 0 radical (unpaired) electrons. The van der Waals surface area contributed by atoms with Crippen molar-refractivity contribution < 1.29 is 15.0 Å². The van der Waals surface area contributed by atoms with E-state index >= 15 is 0 Å². The molecule has 0 aromatic heterocycles. The second kappa shape index (κ2) is 10.4. The highest BCUT2D eigenvalue weighted by Crippen LogP contribution is 1.57. The summed E-state index contributed by atoms with van der Waals surface area (Å²) in [5.41, 5.74) is 5.03. The Bertz CT molecular complexity index is 63.2. The van der Waals surface area contributed by atoms with Gasteiger partial charge in [-0.1, -0.05) is 6.92 Å². The number of aliphatic hydroxyl groups is 1. The third-order valence-electron chi connectivity index (χ3n) is 0.424. The third-order valence-corrected chi connectivity index (χ3v) is 0.424. The molecule has 0 spiro atoms. The van der Waals surface area contributed by atoms with Crippen molar-refractivity contribution in [3.63, 3.8) is 0 Å². The second-order valence-corrected chi connectivity index (χ2v) is 1.34. The number of hydrogen-bond acceptors (Lipinski definition) is 3. The van der Waals surface area contributed by atoms with E-state index in [1.165, 1.54) is 0 Å². The fraction of sp³-hybridized carbons (Fsp3) is 0.800. The molecule has 4 nitrogen and oxygen atoms in total. The number of carboxylic acids is 1. The summed E-state index contributed by atoms with van der Waals surface area (Å²) in [7, 11) is 0. The first kappa shape index (κ1) is 11.2. The molecule has 0 saturated heterocycles. The van der Waals surface area contributed by atoms with Gasteiger partial charge >= 0.3 is 5.97 Å². The molecule has 0 aromatic rings. The largest absolute Gasteiger partial charge is 0.480 e. The summed E-state index contributed by atoms with van der Waals surface area (Å²) in [4.78, 5) is 9.12. The minimum Gasteiger partial charge on any atom is -0.480 e. The number of nitrogens with two attached hydrogens (primary N) is 1. The van der Waals surface area contributed by atoms with Crippen molar-refractivity contribution in [3.8, 4) is 0 Å². The van der Waals surface area contributed by atoms with Crippen molar-refractivity contribution in [1.29, 1.82) is 0 Å². The monoisotopic (exact) mass is 135 g/mol. The minimum absolute atomic E-state index is 0.778. The average molecular weight is 135 g/mol. The fourth-order valence-electron chi connectivity index (χ4n) is 0. The number of aliphatic hydroxyl groups excluding tert-OH is 1. The van der Waals surface area contributed by atoms with Crippen LogP contribution in [0.5, 0.6) is 0 Å². The van der Waals surface area contributed by atoms with Gasteiger partial charge < -0.3 is 15.9 Å². The molecule has 4 N–H and O–H groups in total. The van der Waals surface area contributed by atoms with Crippen molar-refractivity contribution in [3.05, 3.63) is 0 Å². The van der Waals surface area contributed by atoms with Crippen molar-refractivity contribution in [2.45, 2.75) is 13.3 Å². The van der Waals surface area contributed by atoms with Gasteiger partial charge in [-0.3, -0.25) is 0 Å². The molecule has 9 heavy (non-hydrogen) atoms. The van der Waals surface area contributed by atoms with Gasteiger partial charge in [0.1, 0.15) is 6.61 Å². The van der Waals surface area contributed by atoms with Crippen LogP contribution in [-0.2, 0) is 4.79 Å². The minimum atomic E-state index is -1.19. The predicted octanol–water partition coefficient (Wildman–Crippen LogP) is -0.582. The van der Waals surface area contributed by atoms with E-state index in [0.29, 0.717) is 0 Å². The smallest absolute Gasteiger partial charge is 0.329 e. The molecular weight excluding hydrogens is 122 g/mol. The Morgan fingerprint density at radius 2 is 1.89 bits per heavy atom. The summed E-state index contributed by atoms with van der Waals surface area (Å²) in [5, 5.41) is 15.0. The Kier molecular flexibility index (Phi) is 13.0. The number of carbonyl (C=O) groups is 1. The molecule has 0 aliphatic rings. The quantitative estimate of drug-likeness (QED) is 0.473. The maximum atomic E-state index is 9.12. The van der Waals surface area contributed by atoms with Crippen LogP contribution in [0.15, 0.2) is 0 Å². The van der Waals surface area contributed by atoms with Crippen LogP contribution in [0, 0.1) is 0 Å². The van der Waals surface area contributed by atoms with Crippen LogP contribution < -0.4 is 5.73 Å². The third kappa shape index (κ3) is 37.6. The molecule has 0 heterocycles. The van der Waals surface area contributed by atoms with Crippen LogP contribution in [0.2, 0.25) is 0 Å². The first-order chi connectivity index (χ1) is 4.18. The van der Waals surface area contributed by atoms with Crippen molar-refractivity contribution in [1.82, 2.24) is 0 Å². The average Bonchev–Trinajstić information content (AvgIpc) is 1.89. The Labute approximate surface area is 54.3 Å². The van der Waals surface area contributed by atoms with Gasteiger partial charge in [0.2, 0.25) is 0 Å². The highest BCUT2D eigenvalue weighted by atomic mass is 16.4. The van der Waals surface area contributed by atoms with E-state index in [1.54, 1.807) is 0 Å². The van der Waals surface area contributed by atoms with E-state index in [2.05, 4.69) is 6.92 Å². The van der Waals surface area contributed by atoms with Gasteiger partial charge in [0.05, 0.1) is 0 Å². The number of hydrogen-bond donors (Lipinski definition) is 3. The Hall–Kier alpha value is -0.610. The number of carboxylic acid groups (broad SMARTS) is 1. The predicted molar refractivity (Wildman–Crippen MR) is 34.1 cm³/mol. The van der Waals surface area contributed by atoms with Gasteiger partial charge in [-0.05, 0) is 13.0 Å². The second-order valence-electron chi connectivity index (χ2n) is 1.34. The number of aliphatic carboxylic acids is 1. The lowest BCUT2D eigenvalue weighted by Gasteiger charge is -1.72. The van der Waals surface area contributed by atoms with Gasteiger partial charge in [-0.2, -0.15) is 0 Å². The van der Waals surface area contributed by atoms with E-state index in [9.17, 15) is 0 Å². The fourth-order valence-corrected chi connectivity index (χ4v) is 0. The molecule has 0 saturated carbocycles. The van der Waals surface area contributed by atoms with Gasteiger partial charge in [0, 0.05) is 0 Å². The normalized spacial score (nSPS) is 7.44. The topological polar surface area (TPSA) is 83.6 Å². The van der Waals surface area contributed by atoms with Gasteiger partial charge in [0.25, 0.3) is 0 Å². The van der Waals surface area contributed by atoms with Crippen LogP contribution >= 0.6 is 0 Å². The van der Waals surface area contributed by atoms with E-state index in [-0.39, 0.29) is 0 Å². The lowest BCUT2D eigenvalue weighted by molar-refractivity contribution is -0.140. The molecule has 0 aromatic carbocycles. The summed E-state index contributed by atoms with van der Waals surface area (Å²) >= 11 is 0.